The summed E-state index contributed by atoms with van der Waals surface area (Å²) >= 11 is 0. The molecule has 0 bridgehead atoms. The Labute approximate surface area is 204 Å². The molecule has 0 aliphatic carbocycles. The number of carbonyl (C=O) groups excluding carboxylic acids is 1. The SMILES string of the molecule is COc1ccc(-c2coc3cc(OC)c(/C(C)=C/C(=O)NC(CC(C)C)C(=O)O)cc23)cc1OC. The molecule has 186 valence electrons. The van der Waals surface area contributed by atoms with Gasteiger partial charge in [0.15, 0.2) is 11.5 Å². The molecule has 1 amide bonds. The monoisotopic (exact) mass is 481 g/mol. The van der Waals surface area contributed by atoms with Crippen LogP contribution in [0.5, 0.6) is 17.2 Å². The number of ether oxygens (including phenoxy) is 3. The number of furan rings is 1. The molecule has 1 aromatic heterocycles. The average molecular weight is 482 g/mol. The number of carbonyl (C=O) groups is 2. The molecule has 0 fully saturated rings. The van der Waals surface area contributed by atoms with E-state index in [9.17, 15) is 14.7 Å². The van der Waals surface area contributed by atoms with Crippen molar-refractivity contribution in [3.05, 3.63) is 48.2 Å². The molecule has 35 heavy (non-hydrogen) atoms. The summed E-state index contributed by atoms with van der Waals surface area (Å²) in [5.74, 6) is 0.327. The fraction of sp³-hybridized carbons (Fsp3) is 0.333. The Morgan fingerprint density at radius 1 is 1.03 bits per heavy atom. The van der Waals surface area contributed by atoms with Crippen molar-refractivity contribution < 1.29 is 33.3 Å². The van der Waals surface area contributed by atoms with E-state index >= 15 is 0 Å². The number of allylic oxidation sites excluding steroid dienone is 1. The minimum absolute atomic E-state index is 0.125. The van der Waals surface area contributed by atoms with Crippen molar-refractivity contribution in [2.45, 2.75) is 33.2 Å². The van der Waals surface area contributed by atoms with Crippen LogP contribution in [0.3, 0.4) is 0 Å². The molecule has 1 unspecified atom stereocenters. The van der Waals surface area contributed by atoms with Crippen LogP contribution in [-0.4, -0.2) is 44.4 Å². The highest BCUT2D eigenvalue weighted by molar-refractivity contribution is 6.01. The molecule has 0 aliphatic rings. The Kier molecular flexibility index (Phi) is 8.06. The lowest BCUT2D eigenvalue weighted by Crippen LogP contribution is -2.40. The highest BCUT2D eigenvalue weighted by Gasteiger charge is 2.21. The van der Waals surface area contributed by atoms with Crippen LogP contribution in [0.4, 0.5) is 0 Å². The van der Waals surface area contributed by atoms with Crippen molar-refractivity contribution in [1.29, 1.82) is 0 Å². The summed E-state index contributed by atoms with van der Waals surface area (Å²) in [6.07, 6.45) is 3.38. The lowest BCUT2D eigenvalue weighted by atomic mass is 9.99. The van der Waals surface area contributed by atoms with Crippen molar-refractivity contribution in [2.24, 2.45) is 5.92 Å². The van der Waals surface area contributed by atoms with Gasteiger partial charge in [-0.1, -0.05) is 19.9 Å². The zero-order chi connectivity index (χ0) is 25.7. The van der Waals surface area contributed by atoms with Gasteiger partial charge in [-0.05, 0) is 48.6 Å². The van der Waals surface area contributed by atoms with Crippen LogP contribution in [0.1, 0.15) is 32.8 Å². The van der Waals surface area contributed by atoms with Gasteiger partial charge in [-0.3, -0.25) is 4.79 Å². The number of carboxylic acids is 1. The van der Waals surface area contributed by atoms with Crippen molar-refractivity contribution in [2.75, 3.05) is 21.3 Å². The molecule has 2 aromatic carbocycles. The van der Waals surface area contributed by atoms with Crippen molar-refractivity contribution in [1.82, 2.24) is 5.32 Å². The number of hydrogen-bond donors (Lipinski definition) is 2. The van der Waals surface area contributed by atoms with Gasteiger partial charge in [0.2, 0.25) is 5.91 Å². The Bertz CT molecular complexity index is 1260. The number of fused-ring (bicyclic) bond motifs is 1. The largest absolute Gasteiger partial charge is 0.496 e. The van der Waals surface area contributed by atoms with Crippen LogP contribution >= 0.6 is 0 Å². The molecule has 0 saturated heterocycles. The smallest absolute Gasteiger partial charge is 0.326 e. The predicted octanol–water partition coefficient (Wildman–Crippen LogP) is 5.14. The molecule has 0 saturated carbocycles. The molecule has 8 nitrogen and oxygen atoms in total. The minimum atomic E-state index is -1.06. The fourth-order valence-corrected chi connectivity index (χ4v) is 3.94. The standard InChI is InChI=1S/C27H31NO7/c1-15(2)9-21(27(30)31)28-26(29)10-16(3)18-12-19-20(14-35-24(19)13-23(18)33-5)17-7-8-22(32-4)25(11-17)34-6/h7-8,10-15,21H,9H2,1-6H3,(H,28,29)(H,30,31)/b16-10+. The van der Waals surface area contributed by atoms with E-state index in [4.69, 9.17) is 18.6 Å². The van der Waals surface area contributed by atoms with E-state index in [-0.39, 0.29) is 5.92 Å². The summed E-state index contributed by atoms with van der Waals surface area (Å²) in [5, 5.41) is 12.8. The number of amides is 1. The van der Waals surface area contributed by atoms with Gasteiger partial charge in [0, 0.05) is 28.7 Å². The van der Waals surface area contributed by atoms with E-state index in [1.807, 2.05) is 38.1 Å². The Hall–Kier alpha value is -3.94. The van der Waals surface area contributed by atoms with Gasteiger partial charge >= 0.3 is 5.97 Å². The van der Waals surface area contributed by atoms with Gasteiger partial charge in [-0.15, -0.1) is 0 Å². The zero-order valence-corrected chi connectivity index (χ0v) is 20.8. The third-order valence-corrected chi connectivity index (χ3v) is 5.68. The number of hydrogen-bond acceptors (Lipinski definition) is 6. The number of benzene rings is 2. The molecule has 1 heterocycles. The predicted molar refractivity (Wildman–Crippen MR) is 134 cm³/mol. The second kappa shape index (κ2) is 11.0. The number of aliphatic carboxylic acids is 1. The van der Waals surface area contributed by atoms with Gasteiger partial charge in [0.25, 0.3) is 0 Å². The minimum Gasteiger partial charge on any atom is -0.496 e. The molecule has 0 aliphatic heterocycles. The van der Waals surface area contributed by atoms with E-state index in [2.05, 4.69) is 5.32 Å². The average Bonchev–Trinajstić information content (AvgIpc) is 3.24. The number of carboxylic acid groups (broad SMARTS) is 1. The molecule has 1 atom stereocenters. The summed E-state index contributed by atoms with van der Waals surface area (Å²) < 4.78 is 22.1. The number of methoxy groups -OCH3 is 3. The summed E-state index contributed by atoms with van der Waals surface area (Å²) in [7, 11) is 4.70. The van der Waals surface area contributed by atoms with Gasteiger partial charge in [0.05, 0.1) is 27.6 Å². The molecular weight excluding hydrogens is 450 g/mol. The summed E-state index contributed by atoms with van der Waals surface area (Å²) in [5.41, 5.74) is 3.64. The van der Waals surface area contributed by atoms with Crippen molar-refractivity contribution in [3.8, 4) is 28.4 Å². The number of nitrogens with one attached hydrogen (secondary N) is 1. The molecular formula is C27H31NO7. The summed E-state index contributed by atoms with van der Waals surface area (Å²) in [4.78, 5) is 24.1. The quantitative estimate of drug-likeness (QED) is 0.386. The molecule has 3 rings (SSSR count). The van der Waals surface area contributed by atoms with Crippen molar-refractivity contribution in [3.63, 3.8) is 0 Å². The highest BCUT2D eigenvalue weighted by atomic mass is 16.5. The normalized spacial score (nSPS) is 12.5. The first kappa shape index (κ1) is 25.7. The van der Waals surface area contributed by atoms with Gasteiger partial charge in [0.1, 0.15) is 17.4 Å². The topological polar surface area (TPSA) is 107 Å². The van der Waals surface area contributed by atoms with Crippen LogP contribution in [0.25, 0.3) is 27.7 Å². The Morgan fingerprint density at radius 3 is 2.31 bits per heavy atom. The van der Waals surface area contributed by atoms with Crippen LogP contribution in [0.15, 0.2) is 47.1 Å². The van der Waals surface area contributed by atoms with E-state index in [0.717, 1.165) is 16.5 Å². The van der Waals surface area contributed by atoms with Crippen LogP contribution in [0.2, 0.25) is 0 Å². The van der Waals surface area contributed by atoms with E-state index in [1.165, 1.54) is 6.08 Å². The molecule has 8 heteroatoms. The molecule has 0 spiro atoms. The molecule has 3 aromatic rings. The first-order valence-electron chi connectivity index (χ1n) is 11.2. The van der Waals surface area contributed by atoms with Gasteiger partial charge in [-0.2, -0.15) is 0 Å². The Balaban J connectivity index is 2.01. The van der Waals surface area contributed by atoms with Crippen LogP contribution in [0, 0.1) is 5.92 Å². The fourth-order valence-electron chi connectivity index (χ4n) is 3.94. The Morgan fingerprint density at radius 2 is 1.71 bits per heavy atom. The van der Waals surface area contributed by atoms with E-state index in [0.29, 0.717) is 40.4 Å². The lowest BCUT2D eigenvalue weighted by molar-refractivity contribution is -0.141. The second-order valence-electron chi connectivity index (χ2n) is 8.62. The lowest BCUT2D eigenvalue weighted by Gasteiger charge is -2.16. The van der Waals surface area contributed by atoms with E-state index < -0.39 is 17.9 Å². The summed E-state index contributed by atoms with van der Waals surface area (Å²) in [6.45, 7) is 5.59. The molecule has 0 radical (unpaired) electrons. The maximum atomic E-state index is 12.6. The first-order chi connectivity index (χ1) is 16.7. The van der Waals surface area contributed by atoms with Crippen molar-refractivity contribution >= 4 is 28.4 Å². The summed E-state index contributed by atoms with van der Waals surface area (Å²) in [6, 6.07) is 8.30. The third kappa shape index (κ3) is 5.77. The maximum absolute atomic E-state index is 12.6. The van der Waals surface area contributed by atoms with Gasteiger partial charge in [-0.25, -0.2) is 4.79 Å². The zero-order valence-electron chi connectivity index (χ0n) is 20.8. The number of rotatable bonds is 10. The maximum Gasteiger partial charge on any atom is 0.326 e. The highest BCUT2D eigenvalue weighted by Crippen LogP contribution is 2.39. The first-order valence-corrected chi connectivity index (χ1v) is 11.2. The van der Waals surface area contributed by atoms with Gasteiger partial charge < -0.3 is 29.1 Å². The van der Waals surface area contributed by atoms with Crippen LogP contribution < -0.4 is 19.5 Å². The second-order valence-corrected chi connectivity index (χ2v) is 8.62. The molecule has 2 N–H and O–H groups in total. The third-order valence-electron chi connectivity index (χ3n) is 5.68. The van der Waals surface area contributed by atoms with Crippen LogP contribution in [-0.2, 0) is 9.59 Å². The van der Waals surface area contributed by atoms with E-state index in [1.54, 1.807) is 40.6 Å².